The van der Waals surface area contributed by atoms with Gasteiger partial charge in [-0.3, -0.25) is 4.79 Å². The van der Waals surface area contributed by atoms with E-state index in [0.717, 1.165) is 12.8 Å². The van der Waals surface area contributed by atoms with Crippen molar-refractivity contribution in [3.05, 3.63) is 102 Å². The molecule has 0 unspecified atom stereocenters. The minimum absolute atomic E-state index is 0.00173. The van der Waals surface area contributed by atoms with E-state index >= 15 is 0 Å². The van der Waals surface area contributed by atoms with Crippen molar-refractivity contribution in [1.82, 2.24) is 9.62 Å². The zero-order chi connectivity index (χ0) is 21.8. The number of carbonyl (C=O) groups excluding carboxylic acids is 1. The SMILES string of the molecule is CNS(=O)(=O)c1cccc(C(=O)N2CCC[C@H]2C(c2ccccc2)c2ccccc2)c1. The Hall–Kier alpha value is -2.96. The first-order valence-corrected chi connectivity index (χ1v) is 11.9. The lowest BCUT2D eigenvalue weighted by Gasteiger charge is -2.33. The fourth-order valence-electron chi connectivity index (χ4n) is 4.43. The summed E-state index contributed by atoms with van der Waals surface area (Å²) >= 11 is 0. The standard InChI is InChI=1S/C25H26N2O3S/c1-26-31(29,30)22-15-8-14-21(18-22)25(28)27-17-9-16-23(27)24(19-10-4-2-5-11-19)20-12-6-3-7-13-20/h2-8,10-15,18,23-24,26H,9,16-17H2,1H3/t23-/m0/s1. The first-order chi connectivity index (χ1) is 15.0. The third kappa shape index (κ3) is 4.40. The second-order valence-corrected chi connectivity index (χ2v) is 9.63. The summed E-state index contributed by atoms with van der Waals surface area (Å²) in [6.07, 6.45) is 1.82. The largest absolute Gasteiger partial charge is 0.335 e. The zero-order valence-corrected chi connectivity index (χ0v) is 18.3. The Kier molecular flexibility index (Phi) is 6.20. The number of hydrogen-bond donors (Lipinski definition) is 1. The summed E-state index contributed by atoms with van der Waals surface area (Å²) in [5.74, 6) is -0.0782. The van der Waals surface area contributed by atoms with E-state index in [2.05, 4.69) is 29.0 Å². The second-order valence-electron chi connectivity index (χ2n) is 7.74. The number of carbonyl (C=O) groups is 1. The number of amides is 1. The van der Waals surface area contributed by atoms with Gasteiger partial charge < -0.3 is 4.90 Å². The second kappa shape index (κ2) is 9.04. The van der Waals surface area contributed by atoms with Crippen LogP contribution in [0.3, 0.4) is 0 Å². The summed E-state index contributed by atoms with van der Waals surface area (Å²) in [6, 6.07) is 26.8. The van der Waals surface area contributed by atoms with Crippen molar-refractivity contribution in [2.75, 3.05) is 13.6 Å². The molecule has 6 heteroatoms. The third-order valence-electron chi connectivity index (χ3n) is 5.92. The van der Waals surface area contributed by atoms with Gasteiger partial charge >= 0.3 is 0 Å². The predicted octanol–water partition coefficient (Wildman–Crippen LogP) is 4.03. The average molecular weight is 435 g/mol. The van der Waals surface area contributed by atoms with Gasteiger partial charge in [-0.15, -0.1) is 0 Å². The van der Waals surface area contributed by atoms with E-state index in [9.17, 15) is 13.2 Å². The van der Waals surface area contributed by atoms with Gasteiger partial charge in [-0.1, -0.05) is 66.7 Å². The molecule has 1 N–H and O–H groups in total. The van der Waals surface area contributed by atoms with Gasteiger partial charge in [0.05, 0.1) is 4.90 Å². The van der Waals surface area contributed by atoms with Gasteiger partial charge in [-0.2, -0.15) is 0 Å². The molecule has 1 atom stereocenters. The van der Waals surface area contributed by atoms with Crippen LogP contribution in [0.2, 0.25) is 0 Å². The molecule has 31 heavy (non-hydrogen) atoms. The lowest BCUT2D eigenvalue weighted by Crippen LogP contribution is -2.39. The van der Waals surface area contributed by atoms with Crippen molar-refractivity contribution in [3.63, 3.8) is 0 Å². The molecule has 160 valence electrons. The fraction of sp³-hybridized carbons (Fsp3) is 0.240. The van der Waals surface area contributed by atoms with Gasteiger partial charge in [0.1, 0.15) is 0 Å². The van der Waals surface area contributed by atoms with Crippen LogP contribution in [0, 0.1) is 0 Å². The van der Waals surface area contributed by atoms with Crippen LogP contribution in [0.1, 0.15) is 40.2 Å². The Morgan fingerprint density at radius 2 is 1.55 bits per heavy atom. The number of hydrogen-bond acceptors (Lipinski definition) is 3. The summed E-state index contributed by atoms with van der Waals surface area (Å²) in [4.78, 5) is 15.5. The highest BCUT2D eigenvalue weighted by atomic mass is 32.2. The van der Waals surface area contributed by atoms with Gasteiger partial charge in [0.15, 0.2) is 0 Å². The molecule has 0 saturated carbocycles. The molecule has 1 aliphatic rings. The molecule has 5 nitrogen and oxygen atoms in total. The topological polar surface area (TPSA) is 66.5 Å². The van der Waals surface area contributed by atoms with Crippen molar-refractivity contribution in [2.24, 2.45) is 0 Å². The van der Waals surface area contributed by atoms with Crippen molar-refractivity contribution in [1.29, 1.82) is 0 Å². The lowest BCUT2D eigenvalue weighted by atomic mass is 9.83. The molecule has 1 aliphatic heterocycles. The molecule has 1 heterocycles. The van der Waals surface area contributed by atoms with Gasteiger partial charge in [0.25, 0.3) is 5.91 Å². The summed E-state index contributed by atoms with van der Waals surface area (Å²) in [6.45, 7) is 0.655. The maximum absolute atomic E-state index is 13.5. The fourth-order valence-corrected chi connectivity index (χ4v) is 5.20. The summed E-state index contributed by atoms with van der Waals surface area (Å²) < 4.78 is 26.7. The maximum Gasteiger partial charge on any atom is 0.254 e. The molecule has 0 aromatic heterocycles. The number of benzene rings is 3. The van der Waals surface area contributed by atoms with Crippen LogP contribution in [0.15, 0.2) is 89.8 Å². The molecule has 0 bridgehead atoms. The molecule has 0 radical (unpaired) electrons. The number of sulfonamides is 1. The highest BCUT2D eigenvalue weighted by molar-refractivity contribution is 7.89. The van der Waals surface area contributed by atoms with Crippen LogP contribution in [0.4, 0.5) is 0 Å². The van der Waals surface area contributed by atoms with E-state index in [1.165, 1.54) is 30.3 Å². The predicted molar refractivity (Wildman–Crippen MR) is 121 cm³/mol. The van der Waals surface area contributed by atoms with Crippen LogP contribution < -0.4 is 4.72 Å². The van der Waals surface area contributed by atoms with E-state index < -0.39 is 10.0 Å². The minimum atomic E-state index is -3.61. The Morgan fingerprint density at radius 3 is 2.13 bits per heavy atom. The molecule has 1 amide bonds. The molecule has 0 spiro atoms. The van der Waals surface area contributed by atoms with Gasteiger partial charge in [0.2, 0.25) is 10.0 Å². The van der Waals surface area contributed by atoms with E-state index in [4.69, 9.17) is 0 Å². The van der Waals surface area contributed by atoms with Crippen LogP contribution in [0.5, 0.6) is 0 Å². The summed E-state index contributed by atoms with van der Waals surface area (Å²) in [5, 5.41) is 0. The quantitative estimate of drug-likeness (QED) is 0.637. The van der Waals surface area contributed by atoms with E-state index in [-0.39, 0.29) is 22.8 Å². The van der Waals surface area contributed by atoms with Crippen molar-refractivity contribution in [3.8, 4) is 0 Å². The first kappa shape index (κ1) is 21.3. The lowest BCUT2D eigenvalue weighted by molar-refractivity contribution is 0.0725. The van der Waals surface area contributed by atoms with E-state index in [0.29, 0.717) is 12.1 Å². The molecular formula is C25H26N2O3S. The third-order valence-corrected chi connectivity index (χ3v) is 7.33. The van der Waals surface area contributed by atoms with Gasteiger partial charge in [0, 0.05) is 24.1 Å². The van der Waals surface area contributed by atoms with Crippen molar-refractivity contribution in [2.45, 2.75) is 29.7 Å². The van der Waals surface area contributed by atoms with Gasteiger partial charge in [-0.25, -0.2) is 13.1 Å². The van der Waals surface area contributed by atoms with Crippen LogP contribution >= 0.6 is 0 Å². The van der Waals surface area contributed by atoms with Gasteiger partial charge in [-0.05, 0) is 49.2 Å². The van der Waals surface area contributed by atoms with Crippen LogP contribution in [-0.2, 0) is 10.0 Å². The molecule has 1 saturated heterocycles. The Labute approximate surface area is 183 Å². The zero-order valence-electron chi connectivity index (χ0n) is 17.4. The first-order valence-electron chi connectivity index (χ1n) is 10.5. The number of rotatable bonds is 6. The average Bonchev–Trinajstić information content (AvgIpc) is 3.29. The smallest absolute Gasteiger partial charge is 0.254 e. The number of nitrogens with one attached hydrogen (secondary N) is 1. The molecule has 3 aromatic rings. The molecular weight excluding hydrogens is 408 g/mol. The summed E-state index contributed by atoms with van der Waals surface area (Å²) in [5.41, 5.74) is 2.73. The van der Waals surface area contributed by atoms with Crippen molar-refractivity contribution >= 4 is 15.9 Å². The molecule has 4 rings (SSSR count). The minimum Gasteiger partial charge on any atom is -0.335 e. The van der Waals surface area contributed by atoms with Crippen LogP contribution in [-0.4, -0.2) is 38.9 Å². The monoisotopic (exact) mass is 434 g/mol. The Balaban J connectivity index is 1.71. The highest BCUT2D eigenvalue weighted by Crippen LogP contribution is 2.37. The molecule has 3 aromatic carbocycles. The normalized spacial score (nSPS) is 16.6. The maximum atomic E-state index is 13.5. The molecule has 0 aliphatic carbocycles. The van der Waals surface area contributed by atoms with E-state index in [1.807, 2.05) is 41.3 Å². The summed E-state index contributed by atoms with van der Waals surface area (Å²) in [7, 11) is -2.25. The van der Waals surface area contributed by atoms with Crippen molar-refractivity contribution < 1.29 is 13.2 Å². The highest BCUT2D eigenvalue weighted by Gasteiger charge is 2.36. The number of nitrogens with zero attached hydrogens (tertiary/aromatic N) is 1. The van der Waals surface area contributed by atoms with Crippen LogP contribution in [0.25, 0.3) is 0 Å². The van der Waals surface area contributed by atoms with E-state index in [1.54, 1.807) is 12.1 Å². The Morgan fingerprint density at radius 1 is 0.935 bits per heavy atom. The number of likely N-dealkylation sites (tertiary alicyclic amines) is 1. The Bertz CT molecular complexity index is 1110. The molecule has 1 fully saturated rings.